The Labute approximate surface area is 116 Å². The fourth-order valence-corrected chi connectivity index (χ4v) is 2.22. The molecule has 0 spiro atoms. The summed E-state index contributed by atoms with van der Waals surface area (Å²) in [5.41, 5.74) is 0.0187. The van der Waals surface area contributed by atoms with E-state index in [2.05, 4.69) is 10.6 Å². The van der Waals surface area contributed by atoms with Gasteiger partial charge in [0.1, 0.15) is 17.6 Å². The number of nitrogens with one attached hydrogen (secondary N) is 2. The first-order valence-electron chi connectivity index (χ1n) is 6.45. The Morgan fingerprint density at radius 1 is 1.50 bits per heavy atom. The van der Waals surface area contributed by atoms with Gasteiger partial charge in [-0.2, -0.15) is 5.26 Å². The number of piperidine rings is 1. The van der Waals surface area contributed by atoms with Crippen molar-refractivity contribution in [3.8, 4) is 11.8 Å². The summed E-state index contributed by atoms with van der Waals surface area (Å²) in [6, 6.07) is 4.10. The molecule has 2 rings (SSSR count). The number of carbonyl (C=O) groups excluding carboxylic acids is 1. The van der Waals surface area contributed by atoms with Crippen molar-refractivity contribution in [3.63, 3.8) is 0 Å². The Balaban J connectivity index is 2.21. The van der Waals surface area contributed by atoms with Gasteiger partial charge in [-0.3, -0.25) is 4.79 Å². The van der Waals surface area contributed by atoms with Crippen molar-refractivity contribution in [1.82, 2.24) is 10.6 Å². The van der Waals surface area contributed by atoms with E-state index < -0.39 is 5.82 Å². The molecule has 0 aromatic heterocycles. The lowest BCUT2D eigenvalue weighted by atomic mass is 10.0. The van der Waals surface area contributed by atoms with E-state index in [0.29, 0.717) is 0 Å². The second-order valence-corrected chi connectivity index (χ2v) is 4.64. The summed E-state index contributed by atoms with van der Waals surface area (Å²) in [7, 11) is 1.36. The Hall–Kier alpha value is -2.13. The van der Waals surface area contributed by atoms with Crippen LogP contribution in [0.4, 0.5) is 4.39 Å². The molecule has 106 valence electrons. The maximum atomic E-state index is 13.5. The molecule has 1 aliphatic rings. The van der Waals surface area contributed by atoms with E-state index in [1.807, 2.05) is 0 Å². The minimum absolute atomic E-state index is 0.0871. The summed E-state index contributed by atoms with van der Waals surface area (Å²) >= 11 is 0. The molecule has 1 heterocycles. The maximum absolute atomic E-state index is 13.5. The van der Waals surface area contributed by atoms with Gasteiger partial charge in [-0.15, -0.1) is 0 Å². The van der Waals surface area contributed by atoms with Gasteiger partial charge in [-0.1, -0.05) is 0 Å². The minimum atomic E-state index is -0.692. The SMILES string of the molecule is COc1cc(F)c(C#N)cc1C(=O)NC1CCNCC1. The molecule has 0 bridgehead atoms. The lowest BCUT2D eigenvalue weighted by molar-refractivity contribution is 0.0926. The third-order valence-electron chi connectivity index (χ3n) is 3.33. The van der Waals surface area contributed by atoms with Crippen LogP contribution in [0.5, 0.6) is 5.75 Å². The number of amides is 1. The summed E-state index contributed by atoms with van der Waals surface area (Å²) in [6.45, 7) is 1.71. The van der Waals surface area contributed by atoms with Crippen LogP contribution in [-0.4, -0.2) is 32.1 Å². The van der Waals surface area contributed by atoms with E-state index >= 15 is 0 Å². The Morgan fingerprint density at radius 3 is 2.80 bits per heavy atom. The largest absolute Gasteiger partial charge is 0.496 e. The van der Waals surface area contributed by atoms with Crippen LogP contribution in [-0.2, 0) is 0 Å². The molecule has 0 radical (unpaired) electrons. The molecule has 1 saturated heterocycles. The first-order chi connectivity index (χ1) is 9.65. The van der Waals surface area contributed by atoms with E-state index in [-0.39, 0.29) is 28.8 Å². The van der Waals surface area contributed by atoms with Crippen molar-refractivity contribution in [2.45, 2.75) is 18.9 Å². The molecule has 1 aromatic rings. The van der Waals surface area contributed by atoms with Crippen LogP contribution in [0.2, 0.25) is 0 Å². The average molecular weight is 277 g/mol. The minimum Gasteiger partial charge on any atom is -0.496 e. The molecule has 5 nitrogen and oxygen atoms in total. The van der Waals surface area contributed by atoms with Gasteiger partial charge in [-0.25, -0.2) is 4.39 Å². The zero-order chi connectivity index (χ0) is 14.5. The standard InChI is InChI=1S/C14H16FN3O2/c1-20-13-7-12(15)9(8-16)6-11(13)14(19)18-10-2-4-17-5-3-10/h6-7,10,17H,2-5H2,1H3,(H,18,19). The second kappa shape index (κ2) is 6.35. The van der Waals surface area contributed by atoms with Crippen LogP contribution in [0, 0.1) is 17.1 Å². The summed E-state index contributed by atoms with van der Waals surface area (Å²) in [5, 5.41) is 14.9. The van der Waals surface area contributed by atoms with Crippen molar-refractivity contribution in [2.75, 3.05) is 20.2 Å². The highest BCUT2D eigenvalue weighted by Gasteiger charge is 2.20. The Morgan fingerprint density at radius 2 is 2.20 bits per heavy atom. The number of rotatable bonds is 3. The Bertz CT molecular complexity index is 548. The number of methoxy groups -OCH3 is 1. The van der Waals surface area contributed by atoms with Crippen molar-refractivity contribution in [3.05, 3.63) is 29.1 Å². The monoisotopic (exact) mass is 277 g/mol. The van der Waals surface area contributed by atoms with Crippen molar-refractivity contribution in [2.24, 2.45) is 0 Å². The van der Waals surface area contributed by atoms with Crippen molar-refractivity contribution in [1.29, 1.82) is 5.26 Å². The highest BCUT2D eigenvalue weighted by atomic mass is 19.1. The molecular weight excluding hydrogens is 261 g/mol. The van der Waals surface area contributed by atoms with E-state index in [1.54, 1.807) is 6.07 Å². The topological polar surface area (TPSA) is 74.1 Å². The number of nitriles is 1. The molecule has 0 aliphatic carbocycles. The zero-order valence-electron chi connectivity index (χ0n) is 11.2. The van der Waals surface area contributed by atoms with Crippen LogP contribution >= 0.6 is 0 Å². The molecule has 1 fully saturated rings. The number of nitrogens with zero attached hydrogens (tertiary/aromatic N) is 1. The first-order valence-corrected chi connectivity index (χ1v) is 6.45. The van der Waals surface area contributed by atoms with Gasteiger partial charge < -0.3 is 15.4 Å². The van der Waals surface area contributed by atoms with E-state index in [1.165, 1.54) is 13.2 Å². The molecule has 1 aliphatic heterocycles. The van der Waals surface area contributed by atoms with E-state index in [4.69, 9.17) is 10.00 Å². The molecule has 0 atom stereocenters. The molecular formula is C14H16FN3O2. The first kappa shape index (κ1) is 14.3. The van der Waals surface area contributed by atoms with E-state index in [9.17, 15) is 9.18 Å². The second-order valence-electron chi connectivity index (χ2n) is 4.64. The molecule has 0 saturated carbocycles. The van der Waals surface area contributed by atoms with Gasteiger partial charge >= 0.3 is 0 Å². The third-order valence-corrected chi connectivity index (χ3v) is 3.33. The lowest BCUT2D eigenvalue weighted by Crippen LogP contribution is -2.42. The van der Waals surface area contributed by atoms with Gasteiger partial charge in [0.05, 0.1) is 18.2 Å². The zero-order valence-corrected chi connectivity index (χ0v) is 11.2. The van der Waals surface area contributed by atoms with E-state index in [0.717, 1.165) is 32.0 Å². The molecule has 1 aromatic carbocycles. The van der Waals surface area contributed by atoms with Gasteiger partial charge in [0.25, 0.3) is 5.91 Å². The molecule has 2 N–H and O–H groups in total. The van der Waals surface area contributed by atoms with Crippen molar-refractivity contribution < 1.29 is 13.9 Å². The number of carbonyl (C=O) groups is 1. The molecule has 6 heteroatoms. The Kier molecular flexibility index (Phi) is 4.53. The van der Waals surface area contributed by atoms with Crippen LogP contribution in [0.15, 0.2) is 12.1 Å². The van der Waals surface area contributed by atoms with Crippen LogP contribution < -0.4 is 15.4 Å². The fraction of sp³-hybridized carbons (Fsp3) is 0.429. The van der Waals surface area contributed by atoms with Crippen molar-refractivity contribution >= 4 is 5.91 Å². The predicted molar refractivity (Wildman–Crippen MR) is 71.0 cm³/mol. The molecule has 20 heavy (non-hydrogen) atoms. The third kappa shape index (κ3) is 3.06. The van der Waals surface area contributed by atoms with Crippen LogP contribution in [0.3, 0.4) is 0 Å². The van der Waals surface area contributed by atoms with Gasteiger partial charge in [0.2, 0.25) is 0 Å². The summed E-state index contributed by atoms with van der Waals surface area (Å²) < 4.78 is 18.5. The number of benzene rings is 1. The molecule has 0 unspecified atom stereocenters. The number of hydrogen-bond acceptors (Lipinski definition) is 4. The smallest absolute Gasteiger partial charge is 0.255 e. The number of halogens is 1. The number of ether oxygens (including phenoxy) is 1. The average Bonchev–Trinajstić information content (AvgIpc) is 2.47. The highest BCUT2D eigenvalue weighted by Crippen LogP contribution is 2.23. The quantitative estimate of drug-likeness (QED) is 0.870. The summed E-state index contributed by atoms with van der Waals surface area (Å²) in [5.74, 6) is -0.902. The highest BCUT2D eigenvalue weighted by molar-refractivity contribution is 5.97. The molecule has 1 amide bonds. The fourth-order valence-electron chi connectivity index (χ4n) is 2.22. The lowest BCUT2D eigenvalue weighted by Gasteiger charge is -2.24. The number of hydrogen-bond donors (Lipinski definition) is 2. The van der Waals surface area contributed by atoms with Gasteiger partial charge in [0, 0.05) is 12.1 Å². The van der Waals surface area contributed by atoms with Crippen LogP contribution in [0.25, 0.3) is 0 Å². The normalized spacial score (nSPS) is 15.4. The summed E-state index contributed by atoms with van der Waals surface area (Å²) in [4.78, 5) is 12.2. The maximum Gasteiger partial charge on any atom is 0.255 e. The summed E-state index contributed by atoms with van der Waals surface area (Å²) in [6.07, 6.45) is 1.70. The predicted octanol–water partition coefficient (Wildman–Crippen LogP) is 1.19. The van der Waals surface area contributed by atoms with Gasteiger partial charge in [0.15, 0.2) is 0 Å². The van der Waals surface area contributed by atoms with Gasteiger partial charge in [-0.05, 0) is 32.0 Å². The van der Waals surface area contributed by atoms with Crippen LogP contribution in [0.1, 0.15) is 28.8 Å².